The molecule has 86 valence electrons. The topological polar surface area (TPSA) is 39.7 Å². The average molecular weight is 221 g/mol. The van der Waals surface area contributed by atoms with Crippen LogP contribution >= 0.6 is 0 Å². The molecule has 1 aromatic rings. The Morgan fingerprint density at radius 1 is 1.12 bits per heavy atom. The van der Waals surface area contributed by atoms with Crippen molar-refractivity contribution in [3.63, 3.8) is 0 Å². The number of fused-ring (bicyclic) bond motifs is 2. The van der Waals surface area contributed by atoms with Crippen LogP contribution in [0.25, 0.3) is 0 Å². The van der Waals surface area contributed by atoms with Gasteiger partial charge in [-0.25, -0.2) is 0 Å². The first-order valence-corrected chi connectivity index (χ1v) is 5.51. The second-order valence-corrected chi connectivity index (χ2v) is 4.74. The van der Waals surface area contributed by atoms with Crippen LogP contribution in [0.2, 0.25) is 0 Å². The van der Waals surface area contributed by atoms with Crippen molar-refractivity contribution in [2.24, 2.45) is 0 Å². The van der Waals surface area contributed by atoms with Crippen LogP contribution in [0.5, 0.6) is 17.2 Å². The molecular formula is C12H15NO3. The largest absolute Gasteiger partial charge is 0.485 e. The van der Waals surface area contributed by atoms with Gasteiger partial charge in [-0.15, -0.1) is 0 Å². The molecule has 0 aliphatic carbocycles. The minimum Gasteiger partial charge on any atom is -0.485 e. The number of benzene rings is 1. The Bertz CT molecular complexity index is 429. The summed E-state index contributed by atoms with van der Waals surface area (Å²) < 4.78 is 16.7. The molecule has 3 rings (SSSR count). The van der Waals surface area contributed by atoms with E-state index in [1.165, 1.54) is 0 Å². The molecular weight excluding hydrogens is 206 g/mol. The Balaban J connectivity index is 2.04. The van der Waals surface area contributed by atoms with Gasteiger partial charge in [0.1, 0.15) is 11.4 Å². The summed E-state index contributed by atoms with van der Waals surface area (Å²) in [6.07, 6.45) is 0.966. The molecule has 1 N–H and O–H groups in total. The third-order valence-electron chi connectivity index (χ3n) is 2.90. The van der Waals surface area contributed by atoms with E-state index in [1.807, 2.05) is 12.1 Å². The van der Waals surface area contributed by atoms with Crippen molar-refractivity contribution >= 4 is 5.69 Å². The molecule has 2 heterocycles. The second-order valence-electron chi connectivity index (χ2n) is 4.74. The Morgan fingerprint density at radius 2 is 1.88 bits per heavy atom. The maximum atomic E-state index is 5.97. The lowest BCUT2D eigenvalue weighted by atomic mass is 10.1. The molecule has 16 heavy (non-hydrogen) atoms. The molecule has 1 aromatic carbocycles. The normalized spacial score (nSPS) is 20.4. The zero-order chi connectivity index (χ0) is 11.2. The van der Waals surface area contributed by atoms with Gasteiger partial charge < -0.3 is 19.5 Å². The zero-order valence-corrected chi connectivity index (χ0v) is 9.50. The smallest absolute Gasteiger partial charge is 0.231 e. The summed E-state index contributed by atoms with van der Waals surface area (Å²) in [7, 11) is 0. The van der Waals surface area contributed by atoms with E-state index in [-0.39, 0.29) is 5.60 Å². The Labute approximate surface area is 94.5 Å². The Morgan fingerprint density at radius 3 is 2.69 bits per heavy atom. The number of anilines is 1. The van der Waals surface area contributed by atoms with E-state index in [9.17, 15) is 0 Å². The summed E-state index contributed by atoms with van der Waals surface area (Å²) in [5.74, 6) is 2.39. The predicted molar refractivity (Wildman–Crippen MR) is 60.4 cm³/mol. The van der Waals surface area contributed by atoms with Crippen LogP contribution in [0.15, 0.2) is 12.1 Å². The molecule has 0 fully saturated rings. The minimum absolute atomic E-state index is 0.147. The van der Waals surface area contributed by atoms with Crippen molar-refractivity contribution in [1.29, 1.82) is 0 Å². The maximum Gasteiger partial charge on any atom is 0.231 e. The van der Waals surface area contributed by atoms with Gasteiger partial charge in [-0.1, -0.05) is 0 Å². The molecule has 2 aliphatic rings. The fourth-order valence-electron chi connectivity index (χ4n) is 1.99. The number of hydrogen-bond donors (Lipinski definition) is 1. The molecule has 0 radical (unpaired) electrons. The van der Waals surface area contributed by atoms with Gasteiger partial charge in [0.2, 0.25) is 6.79 Å². The molecule has 4 heteroatoms. The third kappa shape index (κ3) is 1.54. The lowest BCUT2D eigenvalue weighted by Crippen LogP contribution is -2.28. The quantitative estimate of drug-likeness (QED) is 0.730. The highest BCUT2D eigenvalue weighted by molar-refractivity contribution is 5.65. The van der Waals surface area contributed by atoms with Gasteiger partial charge in [0, 0.05) is 25.1 Å². The summed E-state index contributed by atoms with van der Waals surface area (Å²) in [5, 5.41) is 3.35. The predicted octanol–water partition coefficient (Wildman–Crippen LogP) is 2.39. The van der Waals surface area contributed by atoms with Gasteiger partial charge in [0.05, 0.1) is 5.69 Å². The molecule has 0 spiro atoms. The third-order valence-corrected chi connectivity index (χ3v) is 2.90. The molecule has 0 saturated heterocycles. The minimum atomic E-state index is -0.147. The number of rotatable bonds is 0. The summed E-state index contributed by atoms with van der Waals surface area (Å²) in [6, 6.07) is 3.84. The summed E-state index contributed by atoms with van der Waals surface area (Å²) >= 11 is 0. The molecule has 2 aliphatic heterocycles. The molecule has 0 unspecified atom stereocenters. The van der Waals surface area contributed by atoms with E-state index in [0.29, 0.717) is 6.79 Å². The van der Waals surface area contributed by atoms with Gasteiger partial charge >= 0.3 is 0 Å². The highest BCUT2D eigenvalue weighted by Crippen LogP contribution is 2.43. The van der Waals surface area contributed by atoms with Crippen molar-refractivity contribution in [2.75, 3.05) is 18.7 Å². The standard InChI is InChI=1S/C12H15NO3/c1-12(2)3-4-13-8-5-10-11(15-7-14-10)6-9(8)16-12/h5-6,13H,3-4,7H2,1-2H3. The van der Waals surface area contributed by atoms with E-state index < -0.39 is 0 Å². The average Bonchev–Trinajstić information content (AvgIpc) is 2.57. The van der Waals surface area contributed by atoms with Crippen molar-refractivity contribution in [3.8, 4) is 17.2 Å². The molecule has 0 atom stereocenters. The molecule has 4 nitrogen and oxygen atoms in total. The first-order chi connectivity index (χ1) is 7.64. The lowest BCUT2D eigenvalue weighted by Gasteiger charge is -2.23. The van der Waals surface area contributed by atoms with Crippen LogP contribution in [0, 0.1) is 0 Å². The second kappa shape index (κ2) is 3.20. The van der Waals surface area contributed by atoms with Crippen LogP contribution in [-0.4, -0.2) is 18.9 Å². The Kier molecular flexibility index (Phi) is 1.93. The van der Waals surface area contributed by atoms with Crippen LogP contribution in [0.1, 0.15) is 20.3 Å². The summed E-state index contributed by atoms with van der Waals surface area (Å²) in [6.45, 7) is 5.38. The lowest BCUT2D eigenvalue weighted by molar-refractivity contribution is 0.108. The van der Waals surface area contributed by atoms with Gasteiger partial charge in [0.15, 0.2) is 11.5 Å². The number of ether oxygens (including phenoxy) is 3. The first-order valence-electron chi connectivity index (χ1n) is 5.51. The van der Waals surface area contributed by atoms with Gasteiger partial charge in [-0.3, -0.25) is 0 Å². The van der Waals surface area contributed by atoms with Gasteiger partial charge in [0.25, 0.3) is 0 Å². The maximum absolute atomic E-state index is 5.97. The van der Waals surface area contributed by atoms with E-state index in [2.05, 4.69) is 19.2 Å². The summed E-state index contributed by atoms with van der Waals surface area (Å²) in [5.41, 5.74) is 0.834. The zero-order valence-electron chi connectivity index (χ0n) is 9.50. The fourth-order valence-corrected chi connectivity index (χ4v) is 1.99. The van der Waals surface area contributed by atoms with Gasteiger partial charge in [-0.05, 0) is 13.8 Å². The number of hydrogen-bond acceptors (Lipinski definition) is 4. The van der Waals surface area contributed by atoms with Crippen molar-refractivity contribution in [2.45, 2.75) is 25.9 Å². The van der Waals surface area contributed by atoms with Gasteiger partial charge in [-0.2, -0.15) is 0 Å². The van der Waals surface area contributed by atoms with Crippen molar-refractivity contribution < 1.29 is 14.2 Å². The molecule has 0 aromatic heterocycles. The first kappa shape index (κ1) is 9.63. The highest BCUT2D eigenvalue weighted by atomic mass is 16.7. The monoisotopic (exact) mass is 221 g/mol. The van der Waals surface area contributed by atoms with Crippen LogP contribution in [0.4, 0.5) is 5.69 Å². The van der Waals surface area contributed by atoms with Crippen molar-refractivity contribution in [3.05, 3.63) is 12.1 Å². The van der Waals surface area contributed by atoms with Crippen molar-refractivity contribution in [1.82, 2.24) is 0 Å². The fraction of sp³-hybridized carbons (Fsp3) is 0.500. The SMILES string of the molecule is CC1(C)CCNc2cc3c(cc2O1)OCO3. The van der Waals surface area contributed by atoms with Crippen LogP contribution in [-0.2, 0) is 0 Å². The molecule has 0 bridgehead atoms. The van der Waals surface area contributed by atoms with E-state index in [1.54, 1.807) is 0 Å². The highest BCUT2D eigenvalue weighted by Gasteiger charge is 2.27. The van der Waals surface area contributed by atoms with E-state index >= 15 is 0 Å². The van der Waals surface area contributed by atoms with E-state index in [0.717, 1.165) is 35.9 Å². The molecule has 0 amide bonds. The Hall–Kier alpha value is -1.58. The van der Waals surface area contributed by atoms with E-state index in [4.69, 9.17) is 14.2 Å². The molecule has 0 saturated carbocycles. The van der Waals surface area contributed by atoms with Crippen LogP contribution < -0.4 is 19.5 Å². The van der Waals surface area contributed by atoms with Crippen LogP contribution in [0.3, 0.4) is 0 Å². The number of nitrogens with one attached hydrogen (secondary N) is 1. The summed E-state index contributed by atoms with van der Waals surface area (Å²) in [4.78, 5) is 0.